The number of carbonyl (C=O) groups is 2. The monoisotopic (exact) mass is 556 g/mol. The molecule has 0 unspecified atom stereocenters. The minimum absolute atomic E-state index is 0.0563. The fourth-order valence-corrected chi connectivity index (χ4v) is 6.26. The smallest absolute Gasteiger partial charge is 0.401 e. The van der Waals surface area contributed by atoms with E-state index in [4.69, 9.17) is 23.2 Å². The van der Waals surface area contributed by atoms with Crippen LogP contribution in [0.1, 0.15) is 55.7 Å². The molecule has 0 radical (unpaired) electrons. The number of carboxylic acid groups (broad SMARTS) is 1. The number of piperidine rings is 2. The molecule has 2 heterocycles. The molecule has 2 fully saturated rings. The predicted octanol–water partition coefficient (Wildman–Crippen LogP) is 6.56. The average Bonchev–Trinajstić information content (AvgIpc) is 2.80. The number of amides is 1. The first-order valence-corrected chi connectivity index (χ1v) is 13.0. The van der Waals surface area contributed by atoms with Gasteiger partial charge in [0.15, 0.2) is 0 Å². The van der Waals surface area contributed by atoms with Crippen molar-refractivity contribution in [2.24, 2.45) is 5.41 Å². The second kappa shape index (κ2) is 10.8. The highest BCUT2D eigenvalue weighted by Gasteiger charge is 2.53. The molecule has 2 aliphatic heterocycles. The molecule has 0 spiro atoms. The fraction of sp³-hybridized carbons (Fsp3) is 0.481. The normalized spacial score (nSPS) is 27.4. The van der Waals surface area contributed by atoms with E-state index in [2.05, 4.69) is 0 Å². The second-order valence-corrected chi connectivity index (χ2v) is 11.2. The van der Waals surface area contributed by atoms with Gasteiger partial charge in [0.25, 0.3) is 0 Å². The summed E-state index contributed by atoms with van der Waals surface area (Å²) in [6.07, 6.45) is -3.47. The summed E-state index contributed by atoms with van der Waals surface area (Å²) in [6, 6.07) is 13.3. The van der Waals surface area contributed by atoms with Crippen molar-refractivity contribution in [3.05, 3.63) is 69.7 Å². The maximum atomic E-state index is 14.1. The largest absolute Gasteiger partial charge is 0.481 e. The number of likely N-dealkylation sites (tertiary alicyclic amines) is 2. The van der Waals surface area contributed by atoms with Crippen molar-refractivity contribution in [3.63, 3.8) is 0 Å². The van der Waals surface area contributed by atoms with Gasteiger partial charge in [-0.2, -0.15) is 13.2 Å². The number of carbonyl (C=O) groups excluding carboxylic acids is 1. The number of hydrogen-bond acceptors (Lipinski definition) is 3. The Hall–Kier alpha value is -2.29. The minimum atomic E-state index is -4.36. The van der Waals surface area contributed by atoms with E-state index in [0.29, 0.717) is 22.9 Å². The highest BCUT2D eigenvalue weighted by molar-refractivity contribution is 6.30. The van der Waals surface area contributed by atoms with Crippen LogP contribution in [0, 0.1) is 5.41 Å². The van der Waals surface area contributed by atoms with Crippen LogP contribution in [-0.2, 0) is 9.59 Å². The fourth-order valence-electron chi connectivity index (χ4n) is 5.94. The van der Waals surface area contributed by atoms with Crippen molar-refractivity contribution in [1.29, 1.82) is 0 Å². The summed E-state index contributed by atoms with van der Waals surface area (Å²) in [4.78, 5) is 29.0. The number of hydrogen-bond donors (Lipinski definition) is 1. The molecule has 0 aliphatic carbocycles. The summed E-state index contributed by atoms with van der Waals surface area (Å²) in [7, 11) is 0. The van der Waals surface area contributed by atoms with Crippen molar-refractivity contribution in [2.45, 2.75) is 56.8 Å². The van der Waals surface area contributed by atoms with Gasteiger partial charge in [-0.25, -0.2) is 0 Å². The van der Waals surface area contributed by atoms with Crippen LogP contribution in [-0.4, -0.2) is 58.6 Å². The molecule has 0 aromatic heterocycles. The second-order valence-electron chi connectivity index (χ2n) is 10.4. The number of carboxylic acids is 1. The van der Waals surface area contributed by atoms with Gasteiger partial charge in [0.2, 0.25) is 5.91 Å². The highest BCUT2D eigenvalue weighted by atomic mass is 35.5. The number of halogens is 5. The summed E-state index contributed by atoms with van der Waals surface area (Å²) >= 11 is 12.5. The number of nitrogens with zero attached hydrogens (tertiary/aromatic N) is 2. The van der Waals surface area contributed by atoms with E-state index in [1.807, 2.05) is 18.2 Å². The Bertz CT molecular complexity index is 1140. The first-order valence-electron chi connectivity index (χ1n) is 12.2. The molecule has 1 amide bonds. The molecule has 2 saturated heterocycles. The number of benzene rings is 2. The first-order chi connectivity index (χ1) is 17.4. The van der Waals surface area contributed by atoms with Crippen LogP contribution in [0.5, 0.6) is 0 Å². The molecule has 37 heavy (non-hydrogen) atoms. The van der Waals surface area contributed by atoms with Crippen molar-refractivity contribution in [2.75, 3.05) is 19.6 Å². The van der Waals surface area contributed by atoms with Crippen molar-refractivity contribution < 1.29 is 27.9 Å². The van der Waals surface area contributed by atoms with E-state index >= 15 is 0 Å². The van der Waals surface area contributed by atoms with E-state index in [1.165, 1.54) is 4.90 Å². The van der Waals surface area contributed by atoms with E-state index in [-0.39, 0.29) is 37.8 Å². The zero-order chi connectivity index (χ0) is 27.0. The molecule has 2 aromatic carbocycles. The molecule has 2 aliphatic rings. The van der Waals surface area contributed by atoms with Gasteiger partial charge in [-0.15, -0.1) is 0 Å². The Morgan fingerprint density at radius 1 is 1.11 bits per heavy atom. The Morgan fingerprint density at radius 3 is 2.43 bits per heavy atom. The molecule has 200 valence electrons. The minimum Gasteiger partial charge on any atom is -0.481 e. The van der Waals surface area contributed by atoms with E-state index in [0.717, 1.165) is 11.1 Å². The first kappa shape index (κ1) is 27.7. The number of alkyl halides is 3. The van der Waals surface area contributed by atoms with E-state index in [1.54, 1.807) is 42.2 Å². The number of aliphatic carboxylic acids is 1. The lowest BCUT2D eigenvalue weighted by atomic mass is 9.67. The molecule has 2 aromatic rings. The summed E-state index contributed by atoms with van der Waals surface area (Å²) in [5.74, 6) is -1.79. The van der Waals surface area contributed by atoms with Gasteiger partial charge in [-0.3, -0.25) is 14.5 Å². The van der Waals surface area contributed by atoms with E-state index < -0.39 is 36.2 Å². The standard InChI is InChI=1S/C27H29Cl2F3N2O3/c1-26(14-23(35)36)13-22(18-4-2-5-20(29)12-18)24(17-7-9-19(28)10-8-17)34(25(26)37)21-6-3-11-33(15-21)16-27(30,31)32/h2,4-5,7-10,12,21-22,24H,3,6,11,13-16H2,1H3,(H,35,36)/t21-,22-,24-,26-/m1/s1. The molecule has 0 bridgehead atoms. The molecule has 4 atom stereocenters. The number of rotatable bonds is 6. The third-order valence-electron chi connectivity index (χ3n) is 7.41. The topological polar surface area (TPSA) is 60.9 Å². The molecule has 0 saturated carbocycles. The molecule has 1 N–H and O–H groups in total. The van der Waals surface area contributed by atoms with Gasteiger partial charge in [0, 0.05) is 28.5 Å². The molecular formula is C27H29Cl2F3N2O3. The van der Waals surface area contributed by atoms with Crippen molar-refractivity contribution in [1.82, 2.24) is 9.80 Å². The van der Waals surface area contributed by atoms with Crippen LogP contribution in [0.4, 0.5) is 13.2 Å². The maximum absolute atomic E-state index is 14.1. The lowest BCUT2D eigenvalue weighted by molar-refractivity contribution is -0.166. The van der Waals surface area contributed by atoms with Gasteiger partial charge in [0.05, 0.1) is 24.4 Å². The van der Waals surface area contributed by atoms with Gasteiger partial charge >= 0.3 is 12.1 Å². The Morgan fingerprint density at radius 2 is 1.81 bits per heavy atom. The highest BCUT2D eigenvalue weighted by Crippen LogP contribution is 2.52. The van der Waals surface area contributed by atoms with Crippen LogP contribution < -0.4 is 0 Å². The van der Waals surface area contributed by atoms with Crippen LogP contribution in [0.25, 0.3) is 0 Å². The molecular weight excluding hydrogens is 528 g/mol. The quantitative estimate of drug-likeness (QED) is 0.437. The Kier molecular flexibility index (Phi) is 8.12. The van der Waals surface area contributed by atoms with Crippen LogP contribution in [0.15, 0.2) is 48.5 Å². The summed E-state index contributed by atoms with van der Waals surface area (Å²) < 4.78 is 39.7. The van der Waals surface area contributed by atoms with Gasteiger partial charge in [-0.1, -0.05) is 54.4 Å². The van der Waals surface area contributed by atoms with Gasteiger partial charge in [0.1, 0.15) is 0 Å². The SMILES string of the molecule is C[C@]1(CC(=O)O)C[C@H](c2cccc(Cl)c2)[C@@H](c2ccc(Cl)cc2)N([C@@H]2CCCN(CC(F)(F)F)C2)C1=O. The zero-order valence-electron chi connectivity index (χ0n) is 20.3. The van der Waals surface area contributed by atoms with Crippen molar-refractivity contribution >= 4 is 35.1 Å². The lowest BCUT2D eigenvalue weighted by Gasteiger charge is -2.53. The molecule has 10 heteroatoms. The Labute approximate surface area is 224 Å². The third kappa shape index (κ3) is 6.41. The zero-order valence-corrected chi connectivity index (χ0v) is 21.9. The van der Waals surface area contributed by atoms with Crippen LogP contribution in [0.3, 0.4) is 0 Å². The van der Waals surface area contributed by atoms with Crippen LogP contribution >= 0.6 is 23.2 Å². The van der Waals surface area contributed by atoms with Crippen molar-refractivity contribution in [3.8, 4) is 0 Å². The summed E-state index contributed by atoms with van der Waals surface area (Å²) in [5, 5.41) is 10.7. The summed E-state index contributed by atoms with van der Waals surface area (Å²) in [5.41, 5.74) is 0.381. The summed E-state index contributed by atoms with van der Waals surface area (Å²) in [6.45, 7) is 0.929. The van der Waals surface area contributed by atoms with Gasteiger partial charge in [-0.05, 0) is 61.2 Å². The third-order valence-corrected chi connectivity index (χ3v) is 7.90. The predicted molar refractivity (Wildman–Crippen MR) is 136 cm³/mol. The van der Waals surface area contributed by atoms with Gasteiger partial charge < -0.3 is 10.0 Å². The Balaban J connectivity index is 1.83. The molecule has 5 nitrogen and oxygen atoms in total. The average molecular weight is 557 g/mol. The lowest BCUT2D eigenvalue weighted by Crippen LogP contribution is -2.60. The van der Waals surface area contributed by atoms with E-state index in [9.17, 15) is 27.9 Å². The van der Waals surface area contributed by atoms with Crippen LogP contribution in [0.2, 0.25) is 10.0 Å². The molecule has 4 rings (SSSR count). The maximum Gasteiger partial charge on any atom is 0.401 e.